The molecule has 0 aliphatic carbocycles. The molecule has 5 rings (SSSR count). The molecule has 2 heterocycles. The Morgan fingerprint density at radius 3 is 2.35 bits per heavy atom. The largest absolute Gasteiger partial charge is 0.496 e. The molecule has 0 saturated carbocycles. The fraction of sp³-hybridized carbons (Fsp3) is 0.474. The molecule has 2 amide bonds. The number of carbonyl (C=O) groups is 2. The molecule has 2 aliphatic rings. The maximum Gasteiger partial charge on any atom is 0.264 e. The lowest BCUT2D eigenvalue weighted by Crippen LogP contribution is -2.41. The molecule has 0 atom stereocenters. The van der Waals surface area contributed by atoms with Crippen LogP contribution in [0.2, 0.25) is 0 Å². The van der Waals surface area contributed by atoms with Crippen LogP contribution in [0.4, 0.5) is 5.69 Å². The number of likely N-dealkylation sites (tertiary alicyclic amines) is 1. The summed E-state index contributed by atoms with van der Waals surface area (Å²) in [6.45, 7) is 12.4. The molecule has 1 saturated heterocycles. The maximum atomic E-state index is 14.4. The first-order chi connectivity index (χ1) is 22.3. The third-order valence-electron chi connectivity index (χ3n) is 9.23. The Bertz CT molecular complexity index is 1450. The van der Waals surface area contributed by atoms with E-state index in [4.69, 9.17) is 9.47 Å². The number of methoxy groups -OCH3 is 1. The summed E-state index contributed by atoms with van der Waals surface area (Å²) in [6, 6.07) is 21.7. The van der Waals surface area contributed by atoms with Gasteiger partial charge in [-0.3, -0.25) is 19.4 Å². The highest BCUT2D eigenvalue weighted by molar-refractivity contribution is 5.97. The first-order valence-corrected chi connectivity index (χ1v) is 16.8. The maximum absolute atomic E-state index is 14.4. The normalized spacial score (nSPS) is 16.9. The van der Waals surface area contributed by atoms with Gasteiger partial charge in [-0.05, 0) is 94.6 Å². The van der Waals surface area contributed by atoms with Crippen LogP contribution in [0, 0.1) is 6.92 Å². The molecule has 3 aromatic rings. The van der Waals surface area contributed by atoms with E-state index in [1.165, 1.54) is 19.3 Å². The van der Waals surface area contributed by atoms with E-state index in [-0.39, 0.29) is 18.4 Å². The van der Waals surface area contributed by atoms with E-state index in [9.17, 15) is 9.59 Å². The molecular formula is C38H50N4O4. The molecule has 3 aromatic carbocycles. The average Bonchev–Trinajstić information content (AvgIpc) is 3.11. The number of amides is 2. The van der Waals surface area contributed by atoms with E-state index in [2.05, 4.69) is 29.7 Å². The molecule has 0 radical (unpaired) electrons. The molecule has 0 unspecified atom stereocenters. The minimum Gasteiger partial charge on any atom is -0.496 e. The number of para-hydroxylation sites is 2. The number of anilines is 1. The Kier molecular flexibility index (Phi) is 11.7. The standard InChI is InChI=1S/C38H50N4O4/c1-29(2)40-21-12-22-42(36(43)28-46-34-15-7-5-8-16-34)37-30(3)13-11-14-32(37)27-41(24-23-40)38(44)31-17-18-35(45-4)33(25-31)26-39-19-9-6-10-20-39/h5,7-8,11,13-18,25,29H,6,9-10,12,19-24,26-28H2,1-4H3. The summed E-state index contributed by atoms with van der Waals surface area (Å²) in [6.07, 6.45) is 4.50. The van der Waals surface area contributed by atoms with Crippen LogP contribution in [0.1, 0.15) is 66.6 Å². The van der Waals surface area contributed by atoms with Crippen molar-refractivity contribution in [1.82, 2.24) is 14.7 Å². The summed E-state index contributed by atoms with van der Waals surface area (Å²) in [5.74, 6) is 1.38. The van der Waals surface area contributed by atoms with Crippen molar-refractivity contribution in [3.05, 3.63) is 89.0 Å². The number of carbonyl (C=O) groups excluding carboxylic acids is 2. The Morgan fingerprint density at radius 2 is 1.61 bits per heavy atom. The number of hydrogen-bond acceptors (Lipinski definition) is 6. The van der Waals surface area contributed by atoms with E-state index >= 15 is 0 Å². The van der Waals surface area contributed by atoms with Crippen molar-refractivity contribution in [1.29, 1.82) is 0 Å². The second-order valence-electron chi connectivity index (χ2n) is 12.8. The van der Waals surface area contributed by atoms with E-state index in [1.807, 2.05) is 77.4 Å². The molecule has 0 N–H and O–H groups in total. The first kappa shape index (κ1) is 33.5. The predicted molar refractivity (Wildman–Crippen MR) is 184 cm³/mol. The number of piperidine rings is 1. The van der Waals surface area contributed by atoms with Gasteiger partial charge < -0.3 is 19.3 Å². The lowest BCUT2D eigenvalue weighted by atomic mass is 10.0. The quantitative estimate of drug-likeness (QED) is 0.299. The molecule has 1 fully saturated rings. The van der Waals surface area contributed by atoms with Gasteiger partial charge in [-0.2, -0.15) is 0 Å². The molecule has 0 spiro atoms. The Morgan fingerprint density at radius 1 is 0.826 bits per heavy atom. The number of aryl methyl sites for hydroxylation is 1. The van der Waals surface area contributed by atoms with Gasteiger partial charge in [0, 0.05) is 56.4 Å². The minimum atomic E-state index is -0.0925. The number of rotatable bonds is 8. The number of nitrogens with zero attached hydrogens (tertiary/aromatic N) is 4. The van der Waals surface area contributed by atoms with Crippen molar-refractivity contribution in [2.75, 3.05) is 57.9 Å². The smallest absolute Gasteiger partial charge is 0.264 e. The molecule has 0 bridgehead atoms. The van der Waals surface area contributed by atoms with Crippen LogP contribution in [-0.4, -0.2) is 85.5 Å². The highest BCUT2D eigenvalue weighted by Crippen LogP contribution is 2.30. The summed E-state index contributed by atoms with van der Waals surface area (Å²) < 4.78 is 11.6. The number of fused-ring (bicyclic) bond motifs is 1. The number of hydrogen-bond donors (Lipinski definition) is 0. The van der Waals surface area contributed by atoms with E-state index in [1.54, 1.807) is 7.11 Å². The molecule has 246 valence electrons. The molecule has 0 aromatic heterocycles. The van der Waals surface area contributed by atoms with Crippen molar-refractivity contribution >= 4 is 17.5 Å². The summed E-state index contributed by atoms with van der Waals surface area (Å²) in [4.78, 5) is 36.9. The van der Waals surface area contributed by atoms with Crippen LogP contribution >= 0.6 is 0 Å². The van der Waals surface area contributed by atoms with Crippen molar-refractivity contribution in [3.8, 4) is 11.5 Å². The summed E-state index contributed by atoms with van der Waals surface area (Å²) in [5, 5.41) is 0. The number of benzene rings is 3. The third-order valence-corrected chi connectivity index (χ3v) is 9.23. The van der Waals surface area contributed by atoms with Gasteiger partial charge in [-0.1, -0.05) is 42.8 Å². The van der Waals surface area contributed by atoms with Gasteiger partial charge in [0.1, 0.15) is 11.5 Å². The van der Waals surface area contributed by atoms with Gasteiger partial charge in [0.05, 0.1) is 12.8 Å². The summed E-state index contributed by atoms with van der Waals surface area (Å²) >= 11 is 0. The monoisotopic (exact) mass is 626 g/mol. The highest BCUT2D eigenvalue weighted by atomic mass is 16.5. The van der Waals surface area contributed by atoms with Gasteiger partial charge in [-0.15, -0.1) is 0 Å². The zero-order valence-corrected chi connectivity index (χ0v) is 28.0. The van der Waals surface area contributed by atoms with E-state index < -0.39 is 0 Å². The van der Waals surface area contributed by atoms with Gasteiger partial charge in [0.15, 0.2) is 6.61 Å². The van der Waals surface area contributed by atoms with E-state index in [0.29, 0.717) is 37.0 Å². The topological polar surface area (TPSA) is 65.6 Å². The molecule has 46 heavy (non-hydrogen) atoms. The predicted octanol–water partition coefficient (Wildman–Crippen LogP) is 6.16. The first-order valence-electron chi connectivity index (χ1n) is 16.8. The van der Waals surface area contributed by atoms with Crippen molar-refractivity contribution in [2.24, 2.45) is 0 Å². The van der Waals surface area contributed by atoms with Crippen LogP contribution < -0.4 is 14.4 Å². The van der Waals surface area contributed by atoms with Crippen LogP contribution in [0.3, 0.4) is 0 Å². The Labute approximate surface area is 274 Å². The molecular weight excluding hydrogens is 576 g/mol. The second kappa shape index (κ2) is 16.1. The zero-order chi connectivity index (χ0) is 32.5. The van der Waals surface area contributed by atoms with Gasteiger partial charge in [-0.25, -0.2) is 0 Å². The van der Waals surface area contributed by atoms with Crippen molar-refractivity contribution in [2.45, 2.75) is 65.6 Å². The molecule has 2 aliphatic heterocycles. The zero-order valence-electron chi connectivity index (χ0n) is 28.0. The van der Waals surface area contributed by atoms with Gasteiger partial charge in [0.25, 0.3) is 11.8 Å². The Hall–Kier alpha value is -3.88. The van der Waals surface area contributed by atoms with Crippen LogP contribution in [0.25, 0.3) is 0 Å². The van der Waals surface area contributed by atoms with Crippen molar-refractivity contribution in [3.63, 3.8) is 0 Å². The Balaban J connectivity index is 1.46. The van der Waals surface area contributed by atoms with E-state index in [0.717, 1.165) is 67.3 Å². The second-order valence-corrected chi connectivity index (χ2v) is 12.8. The summed E-state index contributed by atoms with van der Waals surface area (Å²) in [5.41, 5.74) is 4.55. The lowest BCUT2D eigenvalue weighted by Gasteiger charge is -2.30. The lowest BCUT2D eigenvalue weighted by molar-refractivity contribution is -0.120. The highest BCUT2D eigenvalue weighted by Gasteiger charge is 2.27. The molecule has 8 heteroatoms. The van der Waals surface area contributed by atoms with Crippen LogP contribution in [0.5, 0.6) is 11.5 Å². The summed E-state index contributed by atoms with van der Waals surface area (Å²) in [7, 11) is 1.70. The fourth-order valence-electron chi connectivity index (χ4n) is 6.68. The van der Waals surface area contributed by atoms with Gasteiger partial charge in [0.2, 0.25) is 0 Å². The average molecular weight is 627 g/mol. The van der Waals surface area contributed by atoms with Crippen LogP contribution in [0.15, 0.2) is 66.7 Å². The fourth-order valence-corrected chi connectivity index (χ4v) is 6.68. The third kappa shape index (κ3) is 8.47. The number of ether oxygens (including phenoxy) is 2. The van der Waals surface area contributed by atoms with Crippen molar-refractivity contribution < 1.29 is 19.1 Å². The minimum absolute atomic E-state index is 0.0109. The SMILES string of the molecule is COc1ccc(C(=O)N2CCN(C(C)C)CCCN(C(=O)COc3ccccc3)c3c(C)cccc3C2)cc1CN1CCCCC1. The van der Waals surface area contributed by atoms with Crippen LogP contribution in [-0.2, 0) is 17.9 Å². The van der Waals surface area contributed by atoms with Gasteiger partial charge >= 0.3 is 0 Å². The molecule has 8 nitrogen and oxygen atoms in total.